The third kappa shape index (κ3) is 4.74. The van der Waals surface area contributed by atoms with E-state index in [1.165, 1.54) is 6.07 Å². The molecule has 2 unspecified atom stereocenters. The maximum absolute atomic E-state index is 13.5. The number of hydrogen-bond donors (Lipinski definition) is 3. The lowest BCUT2D eigenvalue weighted by Crippen LogP contribution is -2.39. The van der Waals surface area contributed by atoms with Gasteiger partial charge in [-0.2, -0.15) is 11.3 Å². The van der Waals surface area contributed by atoms with Gasteiger partial charge in [0.1, 0.15) is 17.7 Å². The van der Waals surface area contributed by atoms with Crippen LogP contribution < -0.4 is 10.6 Å². The van der Waals surface area contributed by atoms with Crippen LogP contribution in [-0.2, 0) is 0 Å². The minimum absolute atomic E-state index is 0.154. The predicted molar refractivity (Wildman–Crippen MR) is 85.5 cm³/mol. The number of thiophene rings is 1. The van der Waals surface area contributed by atoms with Gasteiger partial charge in [-0.1, -0.05) is 13.0 Å². The van der Waals surface area contributed by atoms with Crippen molar-refractivity contribution in [3.8, 4) is 0 Å². The summed E-state index contributed by atoms with van der Waals surface area (Å²) in [6.45, 7) is 2.12. The van der Waals surface area contributed by atoms with E-state index in [1.807, 2.05) is 23.8 Å². The number of halogens is 2. The number of carbonyl (C=O) groups excluding carboxylic acids is 1. The summed E-state index contributed by atoms with van der Waals surface area (Å²) < 4.78 is 27.0. The van der Waals surface area contributed by atoms with Crippen LogP contribution in [0.25, 0.3) is 0 Å². The Kier molecular flexibility index (Phi) is 6.06. The van der Waals surface area contributed by atoms with Crippen molar-refractivity contribution in [1.82, 2.24) is 10.6 Å². The Hall–Kier alpha value is -1.99. The molecule has 2 amide bonds. The molecular formula is C16H18F2N2O2S. The first-order valence-corrected chi connectivity index (χ1v) is 8.09. The van der Waals surface area contributed by atoms with Gasteiger partial charge in [0, 0.05) is 13.1 Å². The third-order valence-electron chi connectivity index (χ3n) is 3.47. The van der Waals surface area contributed by atoms with Crippen LogP contribution in [0.15, 0.2) is 35.0 Å². The second kappa shape index (κ2) is 8.03. The summed E-state index contributed by atoms with van der Waals surface area (Å²) in [4.78, 5) is 11.7. The third-order valence-corrected chi connectivity index (χ3v) is 4.17. The first-order chi connectivity index (χ1) is 11.0. The maximum atomic E-state index is 13.5. The maximum Gasteiger partial charge on any atom is 0.314 e. The van der Waals surface area contributed by atoms with Gasteiger partial charge in [-0.25, -0.2) is 13.6 Å². The summed E-state index contributed by atoms with van der Waals surface area (Å²) >= 11 is 1.58. The number of amides is 2. The Labute approximate surface area is 137 Å². The molecule has 1 heterocycles. The molecule has 1 aromatic heterocycles. The molecule has 2 aromatic rings. The van der Waals surface area contributed by atoms with Gasteiger partial charge in [-0.3, -0.25) is 0 Å². The molecule has 0 fully saturated rings. The number of hydrogen-bond acceptors (Lipinski definition) is 3. The Morgan fingerprint density at radius 1 is 1.22 bits per heavy atom. The zero-order valence-electron chi connectivity index (χ0n) is 12.6. The number of nitrogens with one attached hydrogen (secondary N) is 2. The molecule has 0 aliphatic heterocycles. The topological polar surface area (TPSA) is 61.4 Å². The van der Waals surface area contributed by atoms with Gasteiger partial charge in [0.25, 0.3) is 0 Å². The van der Waals surface area contributed by atoms with E-state index in [0.29, 0.717) is 6.54 Å². The van der Waals surface area contributed by atoms with Crippen LogP contribution in [0, 0.1) is 11.6 Å². The number of urea groups is 1. The molecule has 0 saturated heterocycles. The average Bonchev–Trinajstić information content (AvgIpc) is 3.05. The highest BCUT2D eigenvalue weighted by Crippen LogP contribution is 2.20. The molecular weight excluding hydrogens is 322 g/mol. The molecule has 124 valence electrons. The summed E-state index contributed by atoms with van der Waals surface area (Å²) in [5.41, 5.74) is 0.684. The monoisotopic (exact) mass is 340 g/mol. The van der Waals surface area contributed by atoms with Crippen LogP contribution in [0.1, 0.15) is 30.1 Å². The smallest absolute Gasteiger partial charge is 0.314 e. The van der Waals surface area contributed by atoms with Crippen molar-refractivity contribution in [2.24, 2.45) is 0 Å². The summed E-state index contributed by atoms with van der Waals surface area (Å²) in [6.07, 6.45) is -1.45. The number of rotatable bonds is 6. The molecule has 0 spiro atoms. The molecule has 0 aliphatic rings. The standard InChI is InChI=1S/C16H18F2N2O2S/c1-10(11-5-6-23-9-11)7-19-16(22)20-8-14(21)15-12(17)3-2-4-13(15)18/h2-6,9-10,14,21H,7-8H2,1H3,(H2,19,20,22). The number of aliphatic hydroxyl groups excluding tert-OH is 1. The summed E-state index contributed by atoms with van der Waals surface area (Å²) in [7, 11) is 0. The lowest BCUT2D eigenvalue weighted by atomic mass is 10.1. The highest BCUT2D eigenvalue weighted by molar-refractivity contribution is 7.07. The number of benzene rings is 1. The van der Waals surface area contributed by atoms with Crippen LogP contribution in [-0.4, -0.2) is 24.2 Å². The predicted octanol–water partition coefficient (Wildman–Crippen LogP) is 3.16. The molecule has 0 saturated carbocycles. The van der Waals surface area contributed by atoms with E-state index in [0.717, 1.165) is 17.7 Å². The van der Waals surface area contributed by atoms with Crippen LogP contribution in [0.2, 0.25) is 0 Å². The van der Waals surface area contributed by atoms with E-state index >= 15 is 0 Å². The van der Waals surface area contributed by atoms with Crippen molar-refractivity contribution < 1.29 is 18.7 Å². The van der Waals surface area contributed by atoms with E-state index in [1.54, 1.807) is 11.3 Å². The highest BCUT2D eigenvalue weighted by atomic mass is 32.1. The van der Waals surface area contributed by atoms with Crippen molar-refractivity contribution in [2.45, 2.75) is 18.9 Å². The SMILES string of the molecule is CC(CNC(=O)NCC(O)c1c(F)cccc1F)c1ccsc1. The zero-order chi connectivity index (χ0) is 16.8. The number of aliphatic hydroxyl groups is 1. The zero-order valence-corrected chi connectivity index (χ0v) is 13.4. The van der Waals surface area contributed by atoms with Crippen molar-refractivity contribution in [3.05, 3.63) is 57.8 Å². The van der Waals surface area contributed by atoms with E-state index < -0.39 is 29.3 Å². The van der Waals surface area contributed by atoms with E-state index in [4.69, 9.17) is 0 Å². The van der Waals surface area contributed by atoms with Crippen molar-refractivity contribution in [1.29, 1.82) is 0 Å². The first-order valence-electron chi connectivity index (χ1n) is 7.14. The molecule has 4 nitrogen and oxygen atoms in total. The molecule has 2 atom stereocenters. The van der Waals surface area contributed by atoms with E-state index in [9.17, 15) is 18.7 Å². The van der Waals surface area contributed by atoms with Crippen molar-refractivity contribution in [2.75, 3.05) is 13.1 Å². The Morgan fingerprint density at radius 3 is 2.48 bits per heavy atom. The van der Waals surface area contributed by atoms with E-state index in [-0.39, 0.29) is 12.5 Å². The highest BCUT2D eigenvalue weighted by Gasteiger charge is 2.18. The van der Waals surface area contributed by atoms with Crippen LogP contribution in [0.3, 0.4) is 0 Å². The molecule has 0 bridgehead atoms. The second-order valence-electron chi connectivity index (χ2n) is 5.20. The minimum atomic E-state index is -1.45. The Balaban J connectivity index is 1.80. The summed E-state index contributed by atoms with van der Waals surface area (Å²) in [6, 6.07) is 4.82. The van der Waals surface area contributed by atoms with Gasteiger partial charge < -0.3 is 15.7 Å². The first kappa shape index (κ1) is 17.4. The molecule has 2 rings (SSSR count). The van der Waals surface area contributed by atoms with Crippen molar-refractivity contribution in [3.63, 3.8) is 0 Å². The number of carbonyl (C=O) groups is 1. The van der Waals surface area contributed by atoms with Gasteiger partial charge >= 0.3 is 6.03 Å². The fraction of sp³-hybridized carbons (Fsp3) is 0.312. The molecule has 1 aromatic carbocycles. The van der Waals surface area contributed by atoms with Crippen molar-refractivity contribution >= 4 is 17.4 Å². The van der Waals surface area contributed by atoms with Crippen LogP contribution in [0.5, 0.6) is 0 Å². The Bertz CT molecular complexity index is 629. The van der Waals surface area contributed by atoms with Crippen LogP contribution in [0.4, 0.5) is 13.6 Å². The molecule has 3 N–H and O–H groups in total. The molecule has 7 heteroatoms. The van der Waals surface area contributed by atoms with Crippen LogP contribution >= 0.6 is 11.3 Å². The minimum Gasteiger partial charge on any atom is -0.386 e. The second-order valence-corrected chi connectivity index (χ2v) is 5.98. The fourth-order valence-corrected chi connectivity index (χ4v) is 2.88. The largest absolute Gasteiger partial charge is 0.386 e. The quantitative estimate of drug-likeness (QED) is 0.756. The van der Waals surface area contributed by atoms with Gasteiger partial charge in [0.15, 0.2) is 0 Å². The lowest BCUT2D eigenvalue weighted by molar-refractivity contribution is 0.164. The van der Waals surface area contributed by atoms with Gasteiger partial charge in [-0.15, -0.1) is 0 Å². The average molecular weight is 340 g/mol. The van der Waals surface area contributed by atoms with Gasteiger partial charge in [0.2, 0.25) is 0 Å². The molecule has 0 aliphatic carbocycles. The summed E-state index contributed by atoms with van der Waals surface area (Å²) in [5.74, 6) is -1.53. The lowest BCUT2D eigenvalue weighted by Gasteiger charge is -2.15. The Morgan fingerprint density at radius 2 is 1.87 bits per heavy atom. The van der Waals surface area contributed by atoms with Gasteiger partial charge in [-0.05, 0) is 40.4 Å². The van der Waals surface area contributed by atoms with Gasteiger partial charge in [0.05, 0.1) is 5.56 Å². The molecule has 0 radical (unpaired) electrons. The summed E-state index contributed by atoms with van der Waals surface area (Å²) in [5, 5.41) is 18.9. The normalized spacial score (nSPS) is 13.4. The fourth-order valence-electron chi connectivity index (χ4n) is 2.10. The van der Waals surface area contributed by atoms with E-state index in [2.05, 4.69) is 10.6 Å². The molecule has 23 heavy (non-hydrogen) atoms.